The van der Waals surface area contributed by atoms with Crippen LogP contribution in [0.1, 0.15) is 12.5 Å². The van der Waals surface area contributed by atoms with Crippen molar-refractivity contribution in [3.8, 4) is 28.6 Å². The van der Waals surface area contributed by atoms with Crippen LogP contribution in [0.25, 0.3) is 11.3 Å². The molecule has 1 aromatic heterocycles. The van der Waals surface area contributed by atoms with Crippen molar-refractivity contribution in [2.75, 3.05) is 13.2 Å². The zero-order chi connectivity index (χ0) is 19.8. The summed E-state index contributed by atoms with van der Waals surface area (Å²) >= 11 is 0. The normalized spacial score (nSPS) is 10.8. The highest BCUT2D eigenvalue weighted by molar-refractivity contribution is 5.86. The molecule has 3 rings (SSSR count). The van der Waals surface area contributed by atoms with Crippen molar-refractivity contribution in [1.82, 2.24) is 15.6 Å². The van der Waals surface area contributed by atoms with E-state index < -0.39 is 5.91 Å². The molecule has 2 aromatic carbocycles. The van der Waals surface area contributed by atoms with Gasteiger partial charge in [0.15, 0.2) is 18.1 Å². The summed E-state index contributed by atoms with van der Waals surface area (Å²) in [4.78, 5) is 11.9. The third-order valence-electron chi connectivity index (χ3n) is 3.71. The van der Waals surface area contributed by atoms with Gasteiger partial charge in [0.25, 0.3) is 5.91 Å². The Morgan fingerprint density at radius 2 is 2.04 bits per heavy atom. The Kier molecular flexibility index (Phi) is 6.25. The molecule has 0 bridgehead atoms. The van der Waals surface area contributed by atoms with Gasteiger partial charge in [-0.25, -0.2) is 5.43 Å². The lowest BCUT2D eigenvalue weighted by Crippen LogP contribution is -2.24. The van der Waals surface area contributed by atoms with Crippen molar-refractivity contribution in [3.63, 3.8) is 0 Å². The molecule has 3 N–H and O–H groups in total. The van der Waals surface area contributed by atoms with Gasteiger partial charge >= 0.3 is 0 Å². The number of carbonyl (C=O) groups excluding carboxylic acids is 1. The molecule has 1 amide bonds. The van der Waals surface area contributed by atoms with E-state index in [0.29, 0.717) is 23.8 Å². The average Bonchev–Trinajstić information content (AvgIpc) is 3.19. The minimum atomic E-state index is -0.457. The quantitative estimate of drug-likeness (QED) is 0.411. The van der Waals surface area contributed by atoms with Crippen LogP contribution >= 0.6 is 0 Å². The number of aromatic nitrogens is 2. The highest BCUT2D eigenvalue weighted by atomic mass is 16.5. The SMILES string of the molecule is CCOc1cccc(/C=N/NC(=O)COc2cc(-c3ccccc3)[nH]n2)c1O. The van der Waals surface area contributed by atoms with E-state index in [4.69, 9.17) is 9.47 Å². The van der Waals surface area contributed by atoms with Gasteiger partial charge in [0.2, 0.25) is 5.88 Å². The zero-order valence-corrected chi connectivity index (χ0v) is 15.3. The van der Waals surface area contributed by atoms with E-state index >= 15 is 0 Å². The highest BCUT2D eigenvalue weighted by Gasteiger charge is 2.08. The molecule has 0 aliphatic rings. The molecule has 1 heterocycles. The predicted molar refractivity (Wildman–Crippen MR) is 105 cm³/mol. The Hall–Kier alpha value is -3.81. The molecular formula is C20H20N4O4. The first-order chi connectivity index (χ1) is 13.7. The molecular weight excluding hydrogens is 360 g/mol. The van der Waals surface area contributed by atoms with E-state index in [2.05, 4.69) is 20.7 Å². The summed E-state index contributed by atoms with van der Waals surface area (Å²) in [7, 11) is 0. The van der Waals surface area contributed by atoms with Crippen molar-refractivity contribution < 1.29 is 19.4 Å². The first-order valence-electron chi connectivity index (χ1n) is 8.67. The Bertz CT molecular complexity index is 954. The second-order valence-electron chi connectivity index (χ2n) is 5.69. The number of nitrogens with one attached hydrogen (secondary N) is 2. The fourth-order valence-corrected chi connectivity index (χ4v) is 2.40. The summed E-state index contributed by atoms with van der Waals surface area (Å²) < 4.78 is 10.6. The number of ether oxygens (including phenoxy) is 2. The van der Waals surface area contributed by atoms with Crippen molar-refractivity contribution >= 4 is 12.1 Å². The fourth-order valence-electron chi connectivity index (χ4n) is 2.40. The van der Waals surface area contributed by atoms with Crippen LogP contribution in [-0.2, 0) is 4.79 Å². The number of nitrogens with zero attached hydrogens (tertiary/aromatic N) is 2. The molecule has 8 nitrogen and oxygen atoms in total. The molecule has 0 atom stereocenters. The van der Waals surface area contributed by atoms with Crippen LogP contribution in [-0.4, -0.2) is 40.6 Å². The molecule has 0 aliphatic carbocycles. The topological polar surface area (TPSA) is 109 Å². The van der Waals surface area contributed by atoms with Crippen LogP contribution in [0.2, 0.25) is 0 Å². The minimum absolute atomic E-state index is 0.0384. The summed E-state index contributed by atoms with van der Waals surface area (Å²) in [5.41, 5.74) is 4.51. The van der Waals surface area contributed by atoms with Crippen molar-refractivity contribution in [3.05, 3.63) is 60.2 Å². The number of phenols is 1. The van der Waals surface area contributed by atoms with Gasteiger partial charge in [0, 0.05) is 11.6 Å². The molecule has 0 fully saturated rings. The van der Waals surface area contributed by atoms with Gasteiger partial charge in [0.05, 0.1) is 18.5 Å². The molecule has 0 radical (unpaired) electrons. The van der Waals surface area contributed by atoms with Crippen LogP contribution < -0.4 is 14.9 Å². The maximum atomic E-state index is 11.9. The molecule has 0 unspecified atom stereocenters. The van der Waals surface area contributed by atoms with E-state index in [1.165, 1.54) is 6.21 Å². The van der Waals surface area contributed by atoms with Crippen LogP contribution in [0.3, 0.4) is 0 Å². The van der Waals surface area contributed by atoms with E-state index in [1.807, 2.05) is 37.3 Å². The fraction of sp³-hybridized carbons (Fsp3) is 0.150. The third kappa shape index (κ3) is 4.88. The number of benzene rings is 2. The van der Waals surface area contributed by atoms with Crippen molar-refractivity contribution in [2.45, 2.75) is 6.92 Å². The van der Waals surface area contributed by atoms with Crippen LogP contribution in [0.5, 0.6) is 17.4 Å². The van der Waals surface area contributed by atoms with Gasteiger partial charge < -0.3 is 14.6 Å². The van der Waals surface area contributed by atoms with Crippen molar-refractivity contribution in [2.24, 2.45) is 5.10 Å². The summed E-state index contributed by atoms with van der Waals surface area (Å²) in [6, 6.07) is 16.4. The van der Waals surface area contributed by atoms with Crippen LogP contribution in [0, 0.1) is 0 Å². The molecule has 28 heavy (non-hydrogen) atoms. The summed E-state index contributed by atoms with van der Waals surface area (Å²) in [5.74, 6) is 0.165. The lowest BCUT2D eigenvalue weighted by Gasteiger charge is -2.07. The number of hydrogen-bond acceptors (Lipinski definition) is 6. The number of H-pyrrole nitrogens is 1. The lowest BCUT2D eigenvalue weighted by atomic mass is 10.2. The predicted octanol–water partition coefficient (Wildman–Crippen LogP) is 2.71. The number of hydrazone groups is 1. The monoisotopic (exact) mass is 380 g/mol. The van der Waals surface area contributed by atoms with Crippen LogP contribution in [0.15, 0.2) is 59.7 Å². The van der Waals surface area contributed by atoms with Gasteiger partial charge in [-0.05, 0) is 24.6 Å². The largest absolute Gasteiger partial charge is 0.504 e. The minimum Gasteiger partial charge on any atom is -0.504 e. The van der Waals surface area contributed by atoms with Gasteiger partial charge in [-0.1, -0.05) is 36.4 Å². The lowest BCUT2D eigenvalue weighted by molar-refractivity contribution is -0.123. The van der Waals surface area contributed by atoms with Crippen molar-refractivity contribution in [1.29, 1.82) is 0 Å². The molecule has 8 heteroatoms. The third-order valence-corrected chi connectivity index (χ3v) is 3.71. The Balaban J connectivity index is 1.51. The standard InChI is InChI=1S/C20H20N4O4/c1-2-27-17-10-6-9-15(20(17)26)12-21-23-18(25)13-28-19-11-16(22-24-19)14-7-4-3-5-8-14/h3-12,26H,2,13H2,1H3,(H,22,24)(H,23,25)/b21-12+. The number of carbonyl (C=O) groups is 1. The first-order valence-corrected chi connectivity index (χ1v) is 8.67. The van der Waals surface area contributed by atoms with Gasteiger partial charge in [-0.15, -0.1) is 5.10 Å². The number of aromatic hydroxyl groups is 1. The number of rotatable bonds is 8. The van der Waals surface area contributed by atoms with Gasteiger partial charge in [0.1, 0.15) is 0 Å². The molecule has 0 aliphatic heterocycles. The van der Waals surface area contributed by atoms with E-state index in [0.717, 1.165) is 11.3 Å². The molecule has 144 valence electrons. The van der Waals surface area contributed by atoms with Crippen LogP contribution in [0.4, 0.5) is 0 Å². The Morgan fingerprint density at radius 3 is 2.82 bits per heavy atom. The summed E-state index contributed by atoms with van der Waals surface area (Å²) in [6.07, 6.45) is 1.33. The second-order valence-corrected chi connectivity index (χ2v) is 5.69. The molecule has 3 aromatic rings. The highest BCUT2D eigenvalue weighted by Crippen LogP contribution is 2.28. The number of para-hydroxylation sites is 1. The first kappa shape index (κ1) is 19.0. The maximum absolute atomic E-state index is 11.9. The molecule has 0 spiro atoms. The molecule has 0 saturated heterocycles. The number of amides is 1. The second kappa shape index (κ2) is 9.22. The number of phenolic OH excluding ortho intramolecular Hbond substituents is 1. The van der Waals surface area contributed by atoms with Gasteiger partial charge in [-0.3, -0.25) is 9.89 Å². The smallest absolute Gasteiger partial charge is 0.278 e. The number of hydrogen-bond donors (Lipinski definition) is 3. The Morgan fingerprint density at radius 1 is 1.21 bits per heavy atom. The maximum Gasteiger partial charge on any atom is 0.278 e. The van der Waals surface area contributed by atoms with Gasteiger partial charge in [-0.2, -0.15) is 5.10 Å². The van der Waals surface area contributed by atoms with E-state index in [-0.39, 0.29) is 12.4 Å². The number of aromatic amines is 1. The van der Waals surface area contributed by atoms with E-state index in [9.17, 15) is 9.90 Å². The van der Waals surface area contributed by atoms with E-state index in [1.54, 1.807) is 24.3 Å². The summed E-state index contributed by atoms with van der Waals surface area (Å²) in [6.45, 7) is 2.01. The zero-order valence-electron chi connectivity index (χ0n) is 15.3. The summed E-state index contributed by atoms with van der Waals surface area (Å²) in [5, 5.41) is 20.8. The molecule has 0 saturated carbocycles. The Labute approximate surface area is 161 Å². The average molecular weight is 380 g/mol.